The number of halogens is 1. The lowest BCUT2D eigenvalue weighted by molar-refractivity contribution is 0.473. The first-order valence-electron chi connectivity index (χ1n) is 5.97. The van der Waals surface area contributed by atoms with E-state index in [2.05, 4.69) is 18.9 Å². The summed E-state index contributed by atoms with van der Waals surface area (Å²) in [7, 11) is 0. The lowest BCUT2D eigenvalue weighted by Gasteiger charge is -2.08. The molecule has 96 valence electrons. The minimum Gasteiger partial charge on any atom is -0.454 e. The molecule has 0 saturated carbocycles. The van der Waals surface area contributed by atoms with Gasteiger partial charge in [-0.05, 0) is 38.0 Å². The van der Waals surface area contributed by atoms with E-state index in [-0.39, 0.29) is 0 Å². The number of hydrogen-bond acceptors (Lipinski definition) is 2. The number of aromatic nitrogens is 2. The van der Waals surface area contributed by atoms with Crippen molar-refractivity contribution in [2.75, 3.05) is 0 Å². The summed E-state index contributed by atoms with van der Waals surface area (Å²) >= 11 is 5.80. The number of nitrogens with zero attached hydrogens (tertiary/aromatic N) is 2. The van der Waals surface area contributed by atoms with Crippen LogP contribution in [0.3, 0.4) is 0 Å². The summed E-state index contributed by atoms with van der Waals surface area (Å²) in [5.41, 5.74) is 2.17. The molecule has 3 nitrogen and oxygen atoms in total. The lowest BCUT2D eigenvalue weighted by atomic mass is 10.1. The topological polar surface area (TPSA) is 27.1 Å². The molecule has 2 rings (SSSR count). The van der Waals surface area contributed by atoms with Crippen molar-refractivity contribution >= 4 is 11.6 Å². The number of rotatable bonds is 4. The van der Waals surface area contributed by atoms with E-state index in [0.717, 1.165) is 22.6 Å². The first-order chi connectivity index (χ1) is 8.60. The predicted molar refractivity (Wildman–Crippen MR) is 73.4 cm³/mol. The van der Waals surface area contributed by atoms with Gasteiger partial charge in [0.25, 0.3) is 0 Å². The third-order valence-corrected chi connectivity index (χ3v) is 3.04. The molecule has 0 N–H and O–H groups in total. The molecule has 4 heteroatoms. The second kappa shape index (κ2) is 5.44. The molecular weight excluding hydrogens is 248 g/mol. The van der Waals surface area contributed by atoms with E-state index in [1.54, 1.807) is 6.20 Å². The molecule has 0 aliphatic rings. The van der Waals surface area contributed by atoms with Crippen LogP contribution in [0.2, 0.25) is 0 Å². The monoisotopic (exact) mass is 264 g/mol. The van der Waals surface area contributed by atoms with Crippen LogP contribution >= 0.6 is 11.6 Å². The van der Waals surface area contributed by atoms with Gasteiger partial charge in [-0.1, -0.05) is 12.1 Å². The normalized spacial score (nSPS) is 10.9. The van der Waals surface area contributed by atoms with Gasteiger partial charge in [0, 0.05) is 11.9 Å². The zero-order chi connectivity index (χ0) is 13.1. The van der Waals surface area contributed by atoms with Gasteiger partial charge in [-0.2, -0.15) is 5.10 Å². The third kappa shape index (κ3) is 2.85. The highest BCUT2D eigenvalue weighted by atomic mass is 35.5. The second-order valence-electron chi connectivity index (χ2n) is 4.59. The fraction of sp³-hybridized carbons (Fsp3) is 0.357. The molecule has 0 aliphatic heterocycles. The summed E-state index contributed by atoms with van der Waals surface area (Å²) in [5, 5.41) is 4.25. The summed E-state index contributed by atoms with van der Waals surface area (Å²) in [6.45, 7) is 6.17. The quantitative estimate of drug-likeness (QED) is 0.770. The highest BCUT2D eigenvalue weighted by Crippen LogP contribution is 2.26. The Bertz CT molecular complexity index is 534. The minimum absolute atomic E-state index is 0.335. The molecule has 1 heterocycles. The second-order valence-corrected chi connectivity index (χ2v) is 4.85. The fourth-order valence-electron chi connectivity index (χ4n) is 1.69. The van der Waals surface area contributed by atoms with Crippen molar-refractivity contribution in [3.63, 3.8) is 0 Å². The van der Waals surface area contributed by atoms with Crippen molar-refractivity contribution in [2.24, 2.45) is 0 Å². The van der Waals surface area contributed by atoms with Crippen LogP contribution in [0.1, 0.15) is 31.0 Å². The van der Waals surface area contributed by atoms with Crippen molar-refractivity contribution in [1.29, 1.82) is 0 Å². The Morgan fingerprint density at radius 3 is 2.72 bits per heavy atom. The molecule has 2 aromatic rings. The van der Waals surface area contributed by atoms with E-state index in [1.165, 1.54) is 0 Å². The zero-order valence-electron chi connectivity index (χ0n) is 10.9. The summed E-state index contributed by atoms with van der Waals surface area (Å²) < 4.78 is 7.69. The molecule has 18 heavy (non-hydrogen) atoms. The van der Waals surface area contributed by atoms with E-state index in [0.29, 0.717) is 11.9 Å². The van der Waals surface area contributed by atoms with E-state index in [1.807, 2.05) is 36.0 Å². The maximum Gasteiger partial charge on any atom is 0.165 e. The van der Waals surface area contributed by atoms with Crippen molar-refractivity contribution in [1.82, 2.24) is 9.78 Å². The Kier molecular flexibility index (Phi) is 3.92. The number of benzene rings is 1. The summed E-state index contributed by atoms with van der Waals surface area (Å²) in [6, 6.07) is 6.29. The first-order valence-corrected chi connectivity index (χ1v) is 6.51. The van der Waals surface area contributed by atoms with Gasteiger partial charge >= 0.3 is 0 Å². The van der Waals surface area contributed by atoms with Crippen LogP contribution in [0.25, 0.3) is 0 Å². The summed E-state index contributed by atoms with van der Waals surface area (Å²) in [4.78, 5) is 0. The molecule has 1 aromatic carbocycles. The molecule has 0 bridgehead atoms. The summed E-state index contributed by atoms with van der Waals surface area (Å²) in [5.74, 6) is 2.12. The molecule has 1 aromatic heterocycles. The van der Waals surface area contributed by atoms with Gasteiger partial charge in [0.05, 0.1) is 12.4 Å². The average Bonchev–Trinajstić information content (AvgIpc) is 2.80. The van der Waals surface area contributed by atoms with Gasteiger partial charge in [0.15, 0.2) is 5.75 Å². The van der Waals surface area contributed by atoms with Crippen LogP contribution in [0, 0.1) is 6.92 Å². The lowest BCUT2D eigenvalue weighted by Crippen LogP contribution is -1.99. The van der Waals surface area contributed by atoms with E-state index < -0.39 is 0 Å². The van der Waals surface area contributed by atoms with E-state index >= 15 is 0 Å². The highest BCUT2D eigenvalue weighted by molar-refractivity contribution is 6.17. The standard InChI is InChI=1S/C14H17ClN2O/c1-10(2)17-9-13(8-16-17)18-14-5-4-12(7-15)6-11(14)3/h4-6,8-10H,7H2,1-3H3. The molecule has 0 saturated heterocycles. The van der Waals surface area contributed by atoms with Crippen LogP contribution in [-0.2, 0) is 5.88 Å². The largest absolute Gasteiger partial charge is 0.454 e. The SMILES string of the molecule is Cc1cc(CCl)ccc1Oc1cnn(C(C)C)c1. The van der Waals surface area contributed by atoms with Crippen molar-refractivity contribution in [3.8, 4) is 11.5 Å². The molecule has 0 radical (unpaired) electrons. The van der Waals surface area contributed by atoms with E-state index in [9.17, 15) is 0 Å². The number of hydrogen-bond donors (Lipinski definition) is 0. The Morgan fingerprint density at radius 1 is 1.39 bits per heavy atom. The van der Waals surface area contributed by atoms with Crippen LogP contribution in [0.4, 0.5) is 0 Å². The molecule has 0 spiro atoms. The molecule has 0 atom stereocenters. The zero-order valence-corrected chi connectivity index (χ0v) is 11.6. The highest BCUT2D eigenvalue weighted by Gasteiger charge is 2.06. The van der Waals surface area contributed by atoms with Gasteiger partial charge in [-0.15, -0.1) is 11.6 Å². The smallest absolute Gasteiger partial charge is 0.165 e. The van der Waals surface area contributed by atoms with Crippen LogP contribution in [0.15, 0.2) is 30.6 Å². The first kappa shape index (κ1) is 13.0. The maximum absolute atomic E-state index is 5.81. The van der Waals surface area contributed by atoms with Crippen LogP contribution in [-0.4, -0.2) is 9.78 Å². The number of ether oxygens (including phenoxy) is 1. The molecule has 0 amide bonds. The number of alkyl halides is 1. The Morgan fingerprint density at radius 2 is 2.17 bits per heavy atom. The maximum atomic E-state index is 5.81. The Labute approximate surface area is 112 Å². The third-order valence-electron chi connectivity index (χ3n) is 2.73. The number of aryl methyl sites for hydroxylation is 1. The predicted octanol–water partition coefficient (Wildman–Crippen LogP) is 4.30. The average molecular weight is 265 g/mol. The molecule has 0 aliphatic carbocycles. The van der Waals surface area contributed by atoms with Gasteiger partial charge in [0.1, 0.15) is 5.75 Å². The summed E-state index contributed by atoms with van der Waals surface area (Å²) in [6.07, 6.45) is 3.63. The molecule has 0 fully saturated rings. The minimum atomic E-state index is 0.335. The van der Waals surface area contributed by atoms with Crippen molar-refractivity contribution in [3.05, 3.63) is 41.7 Å². The van der Waals surface area contributed by atoms with Gasteiger partial charge in [0.2, 0.25) is 0 Å². The van der Waals surface area contributed by atoms with Crippen molar-refractivity contribution in [2.45, 2.75) is 32.7 Å². The van der Waals surface area contributed by atoms with Gasteiger partial charge in [-0.3, -0.25) is 4.68 Å². The van der Waals surface area contributed by atoms with Crippen LogP contribution in [0.5, 0.6) is 11.5 Å². The Hall–Kier alpha value is -1.48. The fourth-order valence-corrected chi connectivity index (χ4v) is 1.86. The van der Waals surface area contributed by atoms with E-state index in [4.69, 9.17) is 16.3 Å². The molecule has 0 unspecified atom stereocenters. The molecular formula is C14H17ClN2O. The van der Waals surface area contributed by atoms with Crippen LogP contribution < -0.4 is 4.74 Å². The van der Waals surface area contributed by atoms with Crippen molar-refractivity contribution < 1.29 is 4.74 Å². The Balaban J connectivity index is 2.17. The van der Waals surface area contributed by atoms with Gasteiger partial charge in [-0.25, -0.2) is 0 Å². The van der Waals surface area contributed by atoms with Gasteiger partial charge < -0.3 is 4.74 Å².